The first-order valence-corrected chi connectivity index (χ1v) is 11.2. The van der Waals surface area contributed by atoms with Crippen LogP contribution in [-0.2, 0) is 17.8 Å². The number of fused-ring (bicyclic) bond motifs is 2. The number of nitrogens with one attached hydrogen (secondary N) is 1. The number of carbonyl (C=O) groups excluding carboxylic acids is 1. The number of nitrogens with zero attached hydrogens (tertiary/aromatic N) is 6. The molecule has 5 rings (SSSR count). The third-order valence-corrected chi connectivity index (χ3v) is 6.34. The second-order valence-corrected chi connectivity index (χ2v) is 8.60. The molecule has 35 heavy (non-hydrogen) atoms. The molecular formula is C25H23FN8O. The van der Waals surface area contributed by atoms with E-state index >= 15 is 0 Å². The van der Waals surface area contributed by atoms with Crippen molar-refractivity contribution in [2.24, 2.45) is 0 Å². The first kappa shape index (κ1) is 22.3. The number of hydrogen-bond acceptors (Lipinski definition) is 7. The van der Waals surface area contributed by atoms with Crippen LogP contribution in [0, 0.1) is 24.1 Å². The number of nitrogens with two attached hydrogens (primary N) is 1. The van der Waals surface area contributed by atoms with Crippen molar-refractivity contribution < 1.29 is 9.18 Å². The van der Waals surface area contributed by atoms with Crippen LogP contribution in [0.15, 0.2) is 42.9 Å². The summed E-state index contributed by atoms with van der Waals surface area (Å²) in [6.45, 7) is 4.08. The van der Waals surface area contributed by atoms with Gasteiger partial charge >= 0.3 is 0 Å². The molecule has 0 saturated carbocycles. The van der Waals surface area contributed by atoms with Gasteiger partial charge in [0.1, 0.15) is 24.2 Å². The first-order valence-electron chi connectivity index (χ1n) is 11.2. The van der Waals surface area contributed by atoms with Crippen molar-refractivity contribution in [2.45, 2.75) is 32.9 Å². The molecule has 3 N–H and O–H groups in total. The maximum absolute atomic E-state index is 14.9. The van der Waals surface area contributed by atoms with Gasteiger partial charge in [-0.15, -0.1) is 0 Å². The van der Waals surface area contributed by atoms with Gasteiger partial charge in [0.05, 0.1) is 18.0 Å². The van der Waals surface area contributed by atoms with Crippen molar-refractivity contribution in [3.63, 3.8) is 0 Å². The Morgan fingerprint density at radius 3 is 2.77 bits per heavy atom. The Balaban J connectivity index is 1.43. The monoisotopic (exact) mass is 470 g/mol. The van der Waals surface area contributed by atoms with Crippen LogP contribution in [0.5, 0.6) is 0 Å². The average Bonchev–Trinajstić information content (AvgIpc) is 3.13. The fourth-order valence-electron chi connectivity index (χ4n) is 4.30. The minimum Gasteiger partial charge on any atom is -0.397 e. The molecule has 0 radical (unpaired) electrons. The first-order chi connectivity index (χ1) is 16.8. The van der Waals surface area contributed by atoms with E-state index in [1.165, 1.54) is 6.07 Å². The second kappa shape index (κ2) is 8.68. The normalized spacial score (nSPS) is 14.3. The zero-order chi connectivity index (χ0) is 24.7. The highest BCUT2D eigenvalue weighted by atomic mass is 19.1. The SMILES string of the molecule is Cc1c(N)cncc1-c1cc2cc(Nc3cc4n(n3)CC(=O)N([C@@H](C)C#N)CC4)ncc2cc1F. The third-order valence-electron chi connectivity index (χ3n) is 6.34. The number of amides is 1. The summed E-state index contributed by atoms with van der Waals surface area (Å²) in [5, 5.41) is 18.3. The van der Waals surface area contributed by atoms with E-state index in [1.807, 2.05) is 19.1 Å². The Kier molecular flexibility index (Phi) is 5.53. The Bertz CT molecular complexity index is 1510. The number of benzene rings is 1. The van der Waals surface area contributed by atoms with Gasteiger partial charge in [0.25, 0.3) is 0 Å². The molecular weight excluding hydrogens is 447 g/mol. The van der Waals surface area contributed by atoms with Crippen molar-refractivity contribution in [1.82, 2.24) is 24.6 Å². The van der Waals surface area contributed by atoms with Crippen LogP contribution in [0.4, 0.5) is 21.7 Å². The van der Waals surface area contributed by atoms with Gasteiger partial charge in [-0.2, -0.15) is 10.4 Å². The van der Waals surface area contributed by atoms with E-state index in [0.717, 1.165) is 16.6 Å². The summed E-state index contributed by atoms with van der Waals surface area (Å²) in [4.78, 5) is 22.6. The zero-order valence-corrected chi connectivity index (χ0v) is 19.3. The van der Waals surface area contributed by atoms with Gasteiger partial charge in [-0.1, -0.05) is 0 Å². The summed E-state index contributed by atoms with van der Waals surface area (Å²) in [6, 6.07) is 8.53. The summed E-state index contributed by atoms with van der Waals surface area (Å²) in [6.07, 6.45) is 5.34. The molecule has 1 aliphatic rings. The van der Waals surface area contributed by atoms with Crippen LogP contribution in [0.2, 0.25) is 0 Å². The van der Waals surface area contributed by atoms with E-state index in [-0.39, 0.29) is 18.3 Å². The van der Waals surface area contributed by atoms with Crippen LogP contribution >= 0.6 is 0 Å². The lowest BCUT2D eigenvalue weighted by atomic mass is 9.99. The van der Waals surface area contributed by atoms with Crippen molar-refractivity contribution in [3.05, 3.63) is 59.9 Å². The van der Waals surface area contributed by atoms with Gasteiger partial charge in [-0.05, 0) is 43.0 Å². The quantitative estimate of drug-likeness (QED) is 0.467. The predicted molar refractivity (Wildman–Crippen MR) is 130 cm³/mol. The van der Waals surface area contributed by atoms with E-state index < -0.39 is 6.04 Å². The van der Waals surface area contributed by atoms with E-state index in [9.17, 15) is 9.18 Å². The molecule has 0 unspecified atom stereocenters. The molecule has 10 heteroatoms. The largest absolute Gasteiger partial charge is 0.397 e. The number of pyridine rings is 2. The lowest BCUT2D eigenvalue weighted by molar-refractivity contribution is -0.132. The maximum atomic E-state index is 14.9. The van der Waals surface area contributed by atoms with Crippen molar-refractivity contribution >= 4 is 34.0 Å². The van der Waals surface area contributed by atoms with E-state index in [0.29, 0.717) is 46.8 Å². The summed E-state index contributed by atoms with van der Waals surface area (Å²) < 4.78 is 16.5. The molecule has 1 atom stereocenters. The molecule has 0 spiro atoms. The highest BCUT2D eigenvalue weighted by Crippen LogP contribution is 2.32. The van der Waals surface area contributed by atoms with Crippen LogP contribution in [0.3, 0.4) is 0 Å². The van der Waals surface area contributed by atoms with Crippen molar-refractivity contribution in [2.75, 3.05) is 17.6 Å². The van der Waals surface area contributed by atoms with E-state index in [1.54, 1.807) is 41.2 Å². The highest BCUT2D eigenvalue weighted by Gasteiger charge is 2.25. The molecule has 0 fully saturated rings. The molecule has 3 aromatic heterocycles. The number of rotatable bonds is 4. The van der Waals surface area contributed by atoms with Gasteiger partial charge in [0, 0.05) is 53.6 Å². The molecule has 9 nitrogen and oxygen atoms in total. The molecule has 0 saturated heterocycles. The molecule has 176 valence electrons. The second-order valence-electron chi connectivity index (χ2n) is 8.60. The fourth-order valence-corrected chi connectivity index (χ4v) is 4.30. The number of aromatic nitrogens is 4. The average molecular weight is 471 g/mol. The Labute approximate surface area is 201 Å². The van der Waals surface area contributed by atoms with E-state index in [4.69, 9.17) is 11.0 Å². The molecule has 1 amide bonds. The summed E-state index contributed by atoms with van der Waals surface area (Å²) >= 11 is 0. The van der Waals surface area contributed by atoms with Crippen LogP contribution in [-0.4, -0.2) is 43.1 Å². The number of anilines is 3. The van der Waals surface area contributed by atoms with Gasteiger partial charge in [0.2, 0.25) is 5.91 Å². The molecule has 1 aliphatic heterocycles. The standard InChI is InChI=1S/C25H23FN8O/c1-14(9-27)33-4-3-18-8-24(32-34(18)13-25(33)35)31-23-7-16-5-19(21(26)6-17(16)10-30-23)20-11-29-12-22(28)15(20)2/h5-8,10-12,14H,3-4,13,28H2,1-2H3,(H,30,31,32)/t14-/m0/s1. The van der Waals surface area contributed by atoms with Crippen molar-refractivity contribution in [1.29, 1.82) is 5.26 Å². The maximum Gasteiger partial charge on any atom is 0.245 e. The molecule has 4 heterocycles. The minimum atomic E-state index is -0.479. The number of carbonyl (C=O) groups is 1. The Morgan fingerprint density at radius 1 is 1.14 bits per heavy atom. The zero-order valence-electron chi connectivity index (χ0n) is 19.3. The van der Waals surface area contributed by atoms with Gasteiger partial charge in [-0.3, -0.25) is 14.5 Å². The van der Waals surface area contributed by atoms with E-state index in [2.05, 4.69) is 26.5 Å². The Hall–Kier alpha value is -4.52. The summed E-state index contributed by atoms with van der Waals surface area (Å²) in [7, 11) is 0. The number of nitrogen functional groups attached to an aromatic ring is 1. The van der Waals surface area contributed by atoms with Crippen LogP contribution in [0.1, 0.15) is 18.2 Å². The predicted octanol–water partition coefficient (Wildman–Crippen LogP) is 3.56. The summed E-state index contributed by atoms with van der Waals surface area (Å²) in [5.74, 6) is 0.575. The minimum absolute atomic E-state index is 0.0738. The molecule has 1 aromatic carbocycles. The van der Waals surface area contributed by atoms with Gasteiger partial charge in [0.15, 0.2) is 5.82 Å². The fraction of sp³-hybridized carbons (Fsp3) is 0.240. The highest BCUT2D eigenvalue weighted by molar-refractivity contribution is 5.90. The lowest BCUT2D eigenvalue weighted by Crippen LogP contribution is -2.39. The molecule has 4 aromatic rings. The smallest absolute Gasteiger partial charge is 0.245 e. The number of nitriles is 1. The van der Waals surface area contributed by atoms with Crippen molar-refractivity contribution in [3.8, 4) is 17.2 Å². The Morgan fingerprint density at radius 2 is 1.97 bits per heavy atom. The third kappa shape index (κ3) is 4.12. The lowest BCUT2D eigenvalue weighted by Gasteiger charge is -2.22. The molecule has 0 aliphatic carbocycles. The summed E-state index contributed by atoms with van der Waals surface area (Å²) in [5.41, 5.74) is 9.18. The van der Waals surface area contributed by atoms with Gasteiger partial charge in [-0.25, -0.2) is 9.37 Å². The topological polar surface area (TPSA) is 126 Å². The van der Waals surface area contributed by atoms with Gasteiger partial charge < -0.3 is 16.0 Å². The van der Waals surface area contributed by atoms with Crippen LogP contribution < -0.4 is 11.1 Å². The molecule has 0 bridgehead atoms. The van der Waals surface area contributed by atoms with Crippen LogP contribution in [0.25, 0.3) is 21.9 Å². The number of hydrogen-bond donors (Lipinski definition) is 2. The number of halogens is 1.